The Morgan fingerprint density at radius 1 is 1.15 bits per heavy atom. The zero-order valence-corrected chi connectivity index (χ0v) is 19.8. The molecular formula is C25H28ClN5O3. The molecule has 9 heteroatoms. The number of piperidine rings is 1. The van der Waals surface area contributed by atoms with Gasteiger partial charge in [0.2, 0.25) is 0 Å². The molecule has 2 aromatic carbocycles. The van der Waals surface area contributed by atoms with Gasteiger partial charge in [0.15, 0.2) is 0 Å². The third-order valence-corrected chi connectivity index (χ3v) is 7.12. The zero-order valence-electron chi connectivity index (χ0n) is 19.1. The first-order valence-electron chi connectivity index (χ1n) is 11.8. The van der Waals surface area contributed by atoms with Crippen LogP contribution in [0, 0.1) is 0 Å². The number of nitrogens with one attached hydrogen (secondary N) is 2. The highest BCUT2D eigenvalue weighted by Crippen LogP contribution is 2.40. The van der Waals surface area contributed by atoms with Gasteiger partial charge in [-0.25, -0.2) is 9.59 Å². The summed E-state index contributed by atoms with van der Waals surface area (Å²) in [6.45, 7) is 2.29. The van der Waals surface area contributed by atoms with Gasteiger partial charge in [0.1, 0.15) is 0 Å². The topological polar surface area (TPSA) is 88.5 Å². The summed E-state index contributed by atoms with van der Waals surface area (Å²) in [7, 11) is 0. The van der Waals surface area contributed by atoms with Gasteiger partial charge in [-0.05, 0) is 68.9 Å². The Bertz CT molecular complexity index is 1210. The molecule has 2 atom stereocenters. The van der Waals surface area contributed by atoms with Crippen LogP contribution in [0.25, 0.3) is 10.9 Å². The third-order valence-electron chi connectivity index (χ3n) is 6.77. The molecule has 178 valence electrons. The van der Waals surface area contributed by atoms with Crippen LogP contribution in [-0.4, -0.2) is 40.6 Å². The van der Waals surface area contributed by atoms with Crippen molar-refractivity contribution in [2.24, 2.45) is 0 Å². The van der Waals surface area contributed by atoms with Gasteiger partial charge in [-0.1, -0.05) is 23.7 Å². The van der Waals surface area contributed by atoms with Crippen molar-refractivity contribution >= 4 is 46.0 Å². The number of hydrogen-bond donors (Lipinski definition) is 2. The quantitative estimate of drug-likeness (QED) is 0.499. The van der Waals surface area contributed by atoms with E-state index in [1.165, 1.54) is 48.7 Å². The largest absolute Gasteiger partial charge is 0.448 e. The lowest BCUT2D eigenvalue weighted by atomic mass is 10.0. The normalized spacial score (nSPS) is 19.3. The fourth-order valence-corrected chi connectivity index (χ4v) is 5.45. The van der Waals surface area contributed by atoms with Crippen LogP contribution in [0.3, 0.4) is 0 Å². The van der Waals surface area contributed by atoms with E-state index in [0.717, 1.165) is 5.56 Å². The summed E-state index contributed by atoms with van der Waals surface area (Å²) in [4.78, 5) is 27.2. The fraction of sp³-hybridized carbons (Fsp3) is 0.400. The van der Waals surface area contributed by atoms with Crippen molar-refractivity contribution in [3.05, 3.63) is 53.2 Å². The minimum Gasteiger partial charge on any atom is -0.448 e. The molecule has 2 aliphatic rings. The number of ether oxygens (including phenoxy) is 1. The maximum Gasteiger partial charge on any atom is 0.435 e. The molecule has 0 radical (unpaired) electrons. The number of urea groups is 1. The number of fused-ring (bicyclic) bond motifs is 3. The van der Waals surface area contributed by atoms with Crippen LogP contribution in [0.1, 0.15) is 44.6 Å². The Morgan fingerprint density at radius 2 is 1.94 bits per heavy atom. The predicted octanol–water partition coefficient (Wildman–Crippen LogP) is 5.54. The van der Waals surface area contributed by atoms with Gasteiger partial charge in [0, 0.05) is 34.7 Å². The number of aromatic nitrogens is 2. The average Bonchev–Trinajstić information content (AvgIpc) is 3.37. The van der Waals surface area contributed by atoms with Crippen LogP contribution >= 0.6 is 11.6 Å². The molecule has 2 aliphatic heterocycles. The Hall–Kier alpha value is -3.26. The molecule has 0 saturated carbocycles. The van der Waals surface area contributed by atoms with E-state index in [2.05, 4.69) is 26.7 Å². The first-order chi connectivity index (χ1) is 16.5. The van der Waals surface area contributed by atoms with E-state index in [1.807, 2.05) is 12.1 Å². The smallest absolute Gasteiger partial charge is 0.435 e. The van der Waals surface area contributed by atoms with Crippen molar-refractivity contribution in [2.45, 2.75) is 57.7 Å². The van der Waals surface area contributed by atoms with Gasteiger partial charge in [-0.3, -0.25) is 0 Å². The third kappa shape index (κ3) is 4.30. The van der Waals surface area contributed by atoms with Crippen LogP contribution in [-0.2, 0) is 11.3 Å². The molecule has 3 aromatic rings. The maximum absolute atomic E-state index is 12.6. The fourth-order valence-electron chi connectivity index (χ4n) is 5.21. The summed E-state index contributed by atoms with van der Waals surface area (Å²) < 4.78 is 6.20. The molecule has 2 unspecified atom stereocenters. The van der Waals surface area contributed by atoms with Gasteiger partial charge in [-0.2, -0.15) is 9.78 Å². The van der Waals surface area contributed by atoms with Crippen molar-refractivity contribution in [1.29, 1.82) is 0 Å². The van der Waals surface area contributed by atoms with Gasteiger partial charge in [-0.15, -0.1) is 0 Å². The molecule has 8 nitrogen and oxygen atoms in total. The predicted molar refractivity (Wildman–Crippen MR) is 133 cm³/mol. The lowest BCUT2D eigenvalue weighted by molar-refractivity contribution is 0.151. The Kier molecular flexibility index (Phi) is 6.32. The van der Waals surface area contributed by atoms with Crippen molar-refractivity contribution in [2.75, 3.05) is 16.8 Å². The van der Waals surface area contributed by atoms with Crippen LogP contribution in [0.2, 0.25) is 5.02 Å². The second-order valence-electron chi connectivity index (χ2n) is 8.80. The zero-order chi connectivity index (χ0) is 23.7. The number of carbonyl (C=O) groups is 2. The van der Waals surface area contributed by atoms with Crippen LogP contribution in [0.4, 0.5) is 21.0 Å². The molecule has 0 spiro atoms. The molecular weight excluding hydrogens is 454 g/mol. The highest BCUT2D eigenvalue weighted by molar-refractivity contribution is 6.31. The Balaban J connectivity index is 1.24. The molecule has 2 N–H and O–H groups in total. The van der Waals surface area contributed by atoms with Crippen molar-refractivity contribution < 1.29 is 14.3 Å². The minimum absolute atomic E-state index is 0.253. The second kappa shape index (κ2) is 9.54. The first kappa shape index (κ1) is 22.5. The summed E-state index contributed by atoms with van der Waals surface area (Å²) in [5.74, 6) is 0. The summed E-state index contributed by atoms with van der Waals surface area (Å²) in [6.07, 6.45) is 7.31. The van der Waals surface area contributed by atoms with Gasteiger partial charge < -0.3 is 20.3 Å². The highest BCUT2D eigenvalue weighted by Gasteiger charge is 2.36. The van der Waals surface area contributed by atoms with E-state index in [1.54, 1.807) is 25.1 Å². The summed E-state index contributed by atoms with van der Waals surface area (Å²) in [6, 6.07) is 12.3. The number of carbonyl (C=O) groups excluding carboxylic acids is 2. The lowest BCUT2D eigenvalue weighted by Gasteiger charge is -2.37. The van der Waals surface area contributed by atoms with Gasteiger partial charge in [0.05, 0.1) is 24.0 Å². The molecule has 2 bridgehead atoms. The molecule has 5 rings (SSSR count). The number of amides is 2. The van der Waals surface area contributed by atoms with Crippen LogP contribution in [0.5, 0.6) is 0 Å². The number of rotatable bonds is 5. The molecule has 34 heavy (non-hydrogen) atoms. The van der Waals surface area contributed by atoms with Crippen LogP contribution < -0.4 is 15.5 Å². The Morgan fingerprint density at radius 3 is 2.68 bits per heavy atom. The second-order valence-corrected chi connectivity index (χ2v) is 9.21. The van der Waals surface area contributed by atoms with Gasteiger partial charge >= 0.3 is 12.1 Å². The number of halogens is 1. The molecule has 1 aromatic heterocycles. The Labute approximate surface area is 203 Å². The molecule has 2 saturated heterocycles. The number of nitrogens with zero attached hydrogens (tertiary/aromatic N) is 3. The highest BCUT2D eigenvalue weighted by atomic mass is 35.5. The number of anilines is 2. The van der Waals surface area contributed by atoms with E-state index < -0.39 is 6.09 Å². The van der Waals surface area contributed by atoms with E-state index in [4.69, 9.17) is 16.3 Å². The molecule has 2 amide bonds. The SMILES string of the molecule is CCOC(=O)n1ncc2c(NC(=O)NCc3ccc(N4C5CCCC4CC5)cc3Cl)cccc21. The average molecular weight is 482 g/mol. The van der Waals surface area contributed by atoms with Crippen molar-refractivity contribution in [3.8, 4) is 0 Å². The van der Waals surface area contributed by atoms with E-state index in [9.17, 15) is 9.59 Å². The standard InChI is InChI=1S/C25H28ClN5O3/c1-2-34-25(33)31-23-8-4-7-22(20(23)15-28-31)29-24(32)27-14-16-9-10-19(13-21(16)26)30-17-5-3-6-18(30)12-11-17/h4,7-10,13,15,17-18H,2-3,5-6,11-12,14H2,1H3,(H2,27,29,32). The summed E-state index contributed by atoms with van der Waals surface area (Å²) in [5, 5.41) is 11.1. The summed E-state index contributed by atoms with van der Waals surface area (Å²) in [5.41, 5.74) is 3.14. The van der Waals surface area contributed by atoms with E-state index in [0.29, 0.717) is 40.2 Å². The molecule has 2 fully saturated rings. The molecule has 3 heterocycles. The number of benzene rings is 2. The number of hydrogen-bond acceptors (Lipinski definition) is 5. The van der Waals surface area contributed by atoms with E-state index in [-0.39, 0.29) is 12.6 Å². The maximum atomic E-state index is 12.6. The molecule has 0 aliphatic carbocycles. The lowest BCUT2D eigenvalue weighted by Crippen LogP contribution is -2.39. The first-order valence-corrected chi connectivity index (χ1v) is 12.2. The minimum atomic E-state index is -0.560. The monoisotopic (exact) mass is 481 g/mol. The van der Waals surface area contributed by atoms with Crippen molar-refractivity contribution in [1.82, 2.24) is 15.1 Å². The van der Waals surface area contributed by atoms with E-state index >= 15 is 0 Å². The van der Waals surface area contributed by atoms with Gasteiger partial charge in [0.25, 0.3) is 0 Å². The summed E-state index contributed by atoms with van der Waals surface area (Å²) >= 11 is 6.59. The van der Waals surface area contributed by atoms with Crippen LogP contribution in [0.15, 0.2) is 42.6 Å². The van der Waals surface area contributed by atoms with Crippen molar-refractivity contribution in [3.63, 3.8) is 0 Å².